The van der Waals surface area contributed by atoms with Crippen molar-refractivity contribution in [3.63, 3.8) is 0 Å². The third-order valence-corrected chi connectivity index (χ3v) is 3.08. The first-order valence-electron chi connectivity index (χ1n) is 5.82. The van der Waals surface area contributed by atoms with Crippen molar-refractivity contribution in [2.75, 3.05) is 25.1 Å². The first-order valence-corrected chi connectivity index (χ1v) is 6.20. The third kappa shape index (κ3) is 3.17. The van der Waals surface area contributed by atoms with Crippen LogP contribution >= 0.6 is 11.6 Å². The number of ether oxygens (including phenoxy) is 1. The summed E-state index contributed by atoms with van der Waals surface area (Å²) in [6, 6.07) is 2.02. The molecular weight excluding hydrogens is 291 g/mol. The maximum absolute atomic E-state index is 13.6. The van der Waals surface area contributed by atoms with Gasteiger partial charge in [-0.05, 0) is 18.2 Å². The molecule has 2 amide bonds. The number of rotatable bonds is 2. The normalized spacial score (nSPS) is 18.7. The number of nitrogens with zero attached hydrogens (tertiary/aromatic N) is 1. The Morgan fingerprint density at radius 3 is 2.90 bits per heavy atom. The highest BCUT2D eigenvalue weighted by molar-refractivity contribution is 6.30. The van der Waals surface area contributed by atoms with E-state index in [-0.39, 0.29) is 30.5 Å². The van der Waals surface area contributed by atoms with Gasteiger partial charge in [-0.25, -0.2) is 14.0 Å². The minimum Gasteiger partial charge on any atom is -0.480 e. The molecule has 2 N–H and O–H groups in total. The molecule has 0 aromatic heterocycles. The van der Waals surface area contributed by atoms with E-state index < -0.39 is 23.9 Å². The molecular formula is C12H12ClFN2O4. The quantitative estimate of drug-likeness (QED) is 0.873. The number of benzene rings is 1. The van der Waals surface area contributed by atoms with Gasteiger partial charge in [0.05, 0.1) is 18.9 Å². The van der Waals surface area contributed by atoms with Crippen molar-refractivity contribution in [1.29, 1.82) is 0 Å². The van der Waals surface area contributed by atoms with Crippen molar-refractivity contribution in [1.82, 2.24) is 4.90 Å². The molecule has 2 rings (SSSR count). The lowest BCUT2D eigenvalue weighted by Crippen LogP contribution is -2.54. The molecule has 20 heavy (non-hydrogen) atoms. The number of morpholine rings is 1. The van der Waals surface area contributed by atoms with Gasteiger partial charge < -0.3 is 20.1 Å². The van der Waals surface area contributed by atoms with Gasteiger partial charge in [0.2, 0.25) is 0 Å². The molecule has 1 aromatic rings. The molecule has 0 aliphatic carbocycles. The minimum absolute atomic E-state index is 0.0602. The van der Waals surface area contributed by atoms with Crippen LogP contribution in [0.1, 0.15) is 0 Å². The van der Waals surface area contributed by atoms with E-state index >= 15 is 0 Å². The third-order valence-electron chi connectivity index (χ3n) is 2.85. The zero-order chi connectivity index (χ0) is 14.7. The number of hydrogen-bond acceptors (Lipinski definition) is 3. The number of carboxylic acid groups (broad SMARTS) is 1. The fraction of sp³-hybridized carbons (Fsp3) is 0.333. The van der Waals surface area contributed by atoms with Gasteiger partial charge in [0.15, 0.2) is 6.04 Å². The predicted molar refractivity (Wildman–Crippen MR) is 69.4 cm³/mol. The van der Waals surface area contributed by atoms with E-state index in [1.165, 1.54) is 12.1 Å². The van der Waals surface area contributed by atoms with Gasteiger partial charge in [0, 0.05) is 11.6 Å². The summed E-state index contributed by atoms with van der Waals surface area (Å²) in [5.41, 5.74) is -0.0602. The lowest BCUT2D eigenvalue weighted by atomic mass is 10.2. The maximum Gasteiger partial charge on any atom is 0.328 e. The fourth-order valence-corrected chi connectivity index (χ4v) is 1.99. The number of carbonyl (C=O) groups excluding carboxylic acids is 1. The van der Waals surface area contributed by atoms with E-state index in [4.69, 9.17) is 21.4 Å². The number of hydrogen-bond donors (Lipinski definition) is 2. The minimum atomic E-state index is -1.17. The monoisotopic (exact) mass is 302 g/mol. The van der Waals surface area contributed by atoms with Gasteiger partial charge in [-0.2, -0.15) is 0 Å². The molecule has 8 heteroatoms. The second kappa shape index (κ2) is 6.06. The van der Waals surface area contributed by atoms with Crippen LogP contribution in [0.3, 0.4) is 0 Å². The van der Waals surface area contributed by atoms with Crippen LogP contribution < -0.4 is 5.32 Å². The van der Waals surface area contributed by atoms with Crippen molar-refractivity contribution in [3.05, 3.63) is 29.0 Å². The average molecular weight is 303 g/mol. The van der Waals surface area contributed by atoms with Gasteiger partial charge in [0.1, 0.15) is 5.82 Å². The Morgan fingerprint density at radius 1 is 1.50 bits per heavy atom. The molecule has 1 saturated heterocycles. The lowest BCUT2D eigenvalue weighted by molar-refractivity contribution is -0.147. The standard InChI is InChI=1S/C12H12ClFN2O4/c13-7-1-2-9(8(14)5-7)15-12(19)16-3-4-20-6-10(16)11(17)18/h1-2,5,10H,3-4,6H2,(H,15,19)(H,17,18). The van der Waals surface area contributed by atoms with Crippen molar-refractivity contribution in [3.8, 4) is 0 Å². The van der Waals surface area contributed by atoms with E-state index in [1.54, 1.807) is 0 Å². The summed E-state index contributed by atoms with van der Waals surface area (Å²) in [5.74, 6) is -1.86. The SMILES string of the molecule is O=C(O)C1COCCN1C(=O)Nc1ccc(Cl)cc1F. The van der Waals surface area contributed by atoms with Crippen molar-refractivity contribution < 1.29 is 23.8 Å². The largest absolute Gasteiger partial charge is 0.480 e. The topological polar surface area (TPSA) is 78.9 Å². The summed E-state index contributed by atoms with van der Waals surface area (Å²) in [4.78, 5) is 24.2. The maximum atomic E-state index is 13.6. The molecule has 0 spiro atoms. The summed E-state index contributed by atoms with van der Waals surface area (Å²) in [5, 5.41) is 11.6. The number of carboxylic acids is 1. The molecule has 0 saturated carbocycles. The Kier molecular flexibility index (Phi) is 4.41. The van der Waals surface area contributed by atoms with E-state index in [2.05, 4.69) is 5.32 Å². The lowest BCUT2D eigenvalue weighted by Gasteiger charge is -2.32. The molecule has 108 valence electrons. The summed E-state index contributed by atoms with van der Waals surface area (Å²) in [6.45, 7) is 0.268. The van der Waals surface area contributed by atoms with Crippen molar-refractivity contribution >= 4 is 29.3 Å². The van der Waals surface area contributed by atoms with Crippen LogP contribution in [0.2, 0.25) is 5.02 Å². The number of halogens is 2. The Hall–Kier alpha value is -1.86. The first kappa shape index (κ1) is 14.5. The van der Waals surface area contributed by atoms with Crippen molar-refractivity contribution in [2.24, 2.45) is 0 Å². The second-order valence-electron chi connectivity index (χ2n) is 4.18. The zero-order valence-corrected chi connectivity index (χ0v) is 11.1. The van der Waals surface area contributed by atoms with Crippen molar-refractivity contribution in [2.45, 2.75) is 6.04 Å². The molecule has 1 aromatic carbocycles. The Morgan fingerprint density at radius 2 is 2.25 bits per heavy atom. The zero-order valence-electron chi connectivity index (χ0n) is 10.3. The van der Waals surface area contributed by atoms with Crippen LogP contribution in [0.25, 0.3) is 0 Å². The molecule has 1 atom stereocenters. The smallest absolute Gasteiger partial charge is 0.328 e. The van der Waals surface area contributed by atoms with Crippen LogP contribution in [0.4, 0.5) is 14.9 Å². The number of anilines is 1. The Bertz CT molecular complexity index is 540. The molecule has 1 aliphatic heterocycles. The molecule has 0 radical (unpaired) electrons. The fourth-order valence-electron chi connectivity index (χ4n) is 1.83. The molecule has 1 unspecified atom stereocenters. The van der Waals surface area contributed by atoms with E-state index in [0.29, 0.717) is 0 Å². The Balaban J connectivity index is 2.12. The van der Waals surface area contributed by atoms with Crippen LogP contribution in [0.5, 0.6) is 0 Å². The number of aliphatic carboxylic acids is 1. The van der Waals surface area contributed by atoms with Gasteiger partial charge in [-0.15, -0.1) is 0 Å². The molecule has 1 heterocycles. The average Bonchev–Trinajstić information content (AvgIpc) is 2.41. The van der Waals surface area contributed by atoms with E-state index in [0.717, 1.165) is 11.0 Å². The highest BCUT2D eigenvalue weighted by Crippen LogP contribution is 2.20. The van der Waals surface area contributed by atoms with Gasteiger partial charge >= 0.3 is 12.0 Å². The molecule has 0 bridgehead atoms. The number of amides is 2. The predicted octanol–water partition coefficient (Wildman–Crippen LogP) is 1.80. The molecule has 1 fully saturated rings. The number of urea groups is 1. The number of nitrogens with one attached hydrogen (secondary N) is 1. The molecule has 6 nitrogen and oxygen atoms in total. The Labute approximate surface area is 119 Å². The van der Waals surface area contributed by atoms with Gasteiger partial charge in [-0.1, -0.05) is 11.6 Å². The number of carbonyl (C=O) groups is 2. The van der Waals surface area contributed by atoms with E-state index in [1.807, 2.05) is 0 Å². The van der Waals surface area contributed by atoms with Crippen LogP contribution in [0.15, 0.2) is 18.2 Å². The van der Waals surface area contributed by atoms with Crippen LogP contribution in [0, 0.1) is 5.82 Å². The highest BCUT2D eigenvalue weighted by Gasteiger charge is 2.33. The van der Waals surface area contributed by atoms with Gasteiger partial charge in [0.25, 0.3) is 0 Å². The van der Waals surface area contributed by atoms with E-state index in [9.17, 15) is 14.0 Å². The summed E-state index contributed by atoms with van der Waals surface area (Å²) in [7, 11) is 0. The second-order valence-corrected chi connectivity index (χ2v) is 4.61. The van der Waals surface area contributed by atoms with Gasteiger partial charge in [-0.3, -0.25) is 0 Å². The first-order chi connectivity index (χ1) is 9.49. The van der Waals surface area contributed by atoms with Crippen LogP contribution in [-0.2, 0) is 9.53 Å². The summed E-state index contributed by atoms with van der Waals surface area (Å²) >= 11 is 5.61. The molecule has 1 aliphatic rings. The highest BCUT2D eigenvalue weighted by atomic mass is 35.5. The van der Waals surface area contributed by atoms with Crippen LogP contribution in [-0.4, -0.2) is 47.8 Å². The summed E-state index contributed by atoms with van der Waals surface area (Å²) in [6.07, 6.45) is 0. The summed E-state index contributed by atoms with van der Waals surface area (Å²) < 4.78 is 18.6.